The van der Waals surface area contributed by atoms with Crippen molar-refractivity contribution >= 4 is 11.6 Å². The Balaban J connectivity index is 1.71. The molecule has 2 N–H and O–H groups in total. The van der Waals surface area contributed by atoms with Gasteiger partial charge in [-0.25, -0.2) is 0 Å². The molecule has 0 saturated heterocycles. The van der Waals surface area contributed by atoms with Gasteiger partial charge in [0.05, 0.1) is 18.4 Å². The highest BCUT2D eigenvalue weighted by molar-refractivity contribution is 5.98. The zero-order valence-corrected chi connectivity index (χ0v) is 12.8. The Morgan fingerprint density at radius 1 is 1.38 bits per heavy atom. The number of nitrogens with two attached hydrogens (primary N) is 1. The molecule has 0 aliphatic heterocycles. The molecule has 1 aromatic carbocycles. The van der Waals surface area contributed by atoms with Crippen LogP contribution in [0.3, 0.4) is 0 Å². The van der Waals surface area contributed by atoms with E-state index in [0.29, 0.717) is 22.9 Å². The molecule has 2 bridgehead atoms. The van der Waals surface area contributed by atoms with Crippen molar-refractivity contribution in [3.05, 3.63) is 23.8 Å². The van der Waals surface area contributed by atoms with Crippen LogP contribution in [0, 0.1) is 17.8 Å². The number of anilines is 1. The van der Waals surface area contributed by atoms with Gasteiger partial charge in [-0.05, 0) is 49.1 Å². The first-order valence-corrected chi connectivity index (χ1v) is 7.78. The average Bonchev–Trinajstić information content (AvgIpc) is 3.08. The van der Waals surface area contributed by atoms with Crippen LogP contribution >= 0.6 is 0 Å². The molecule has 2 aliphatic rings. The van der Waals surface area contributed by atoms with Gasteiger partial charge in [0.1, 0.15) is 0 Å². The van der Waals surface area contributed by atoms with E-state index in [1.165, 1.54) is 25.7 Å². The molecule has 3 rings (SSSR count). The molecule has 2 saturated carbocycles. The lowest BCUT2D eigenvalue weighted by atomic mass is 9.88. The number of nitrogens with zero attached hydrogens (tertiary/aromatic N) is 1. The first-order valence-electron chi connectivity index (χ1n) is 7.78. The Morgan fingerprint density at radius 2 is 2.19 bits per heavy atom. The van der Waals surface area contributed by atoms with Crippen molar-refractivity contribution in [1.29, 1.82) is 0 Å². The predicted molar refractivity (Wildman–Crippen MR) is 83.3 cm³/mol. The van der Waals surface area contributed by atoms with E-state index in [9.17, 15) is 4.79 Å². The summed E-state index contributed by atoms with van der Waals surface area (Å²) in [5.74, 6) is 2.90. The molecule has 0 heterocycles. The molecule has 2 fully saturated rings. The van der Waals surface area contributed by atoms with Crippen LogP contribution in [-0.2, 0) is 0 Å². The summed E-state index contributed by atoms with van der Waals surface area (Å²) < 4.78 is 5.29. The molecule has 2 aliphatic carbocycles. The van der Waals surface area contributed by atoms with Crippen LogP contribution in [0.5, 0.6) is 5.75 Å². The highest BCUT2D eigenvalue weighted by Crippen LogP contribution is 2.48. The molecule has 1 amide bonds. The summed E-state index contributed by atoms with van der Waals surface area (Å²) in [4.78, 5) is 14.5. The molecule has 0 spiro atoms. The van der Waals surface area contributed by atoms with Gasteiger partial charge in [-0.15, -0.1) is 0 Å². The standard InChI is InChI=1S/C17H24N2O2/c1-19(10-13-9-11-6-7-12(13)8-11)17(20)14-4-3-5-15(18)16(14)21-2/h3-5,11-13H,6-10,18H2,1-2H3. The Morgan fingerprint density at radius 3 is 2.81 bits per heavy atom. The molecule has 1 aromatic rings. The fourth-order valence-electron chi connectivity index (χ4n) is 4.19. The third kappa shape index (κ3) is 2.59. The number of hydrogen-bond acceptors (Lipinski definition) is 3. The summed E-state index contributed by atoms with van der Waals surface area (Å²) in [5.41, 5.74) is 6.96. The topological polar surface area (TPSA) is 55.6 Å². The first kappa shape index (κ1) is 14.2. The number of hydrogen-bond donors (Lipinski definition) is 1. The van der Waals surface area contributed by atoms with Gasteiger partial charge in [0.25, 0.3) is 5.91 Å². The number of methoxy groups -OCH3 is 1. The van der Waals surface area contributed by atoms with Gasteiger partial charge >= 0.3 is 0 Å². The number of ether oxygens (including phenoxy) is 1. The van der Waals surface area contributed by atoms with Crippen LogP contribution in [0.15, 0.2) is 18.2 Å². The maximum absolute atomic E-state index is 12.7. The van der Waals surface area contributed by atoms with Gasteiger partial charge in [-0.2, -0.15) is 0 Å². The van der Waals surface area contributed by atoms with E-state index >= 15 is 0 Å². The van der Waals surface area contributed by atoms with Gasteiger partial charge in [-0.3, -0.25) is 4.79 Å². The van der Waals surface area contributed by atoms with Gasteiger partial charge < -0.3 is 15.4 Å². The van der Waals surface area contributed by atoms with Crippen LogP contribution in [-0.4, -0.2) is 31.5 Å². The van der Waals surface area contributed by atoms with Crippen molar-refractivity contribution in [2.24, 2.45) is 17.8 Å². The number of para-hydroxylation sites is 1. The lowest BCUT2D eigenvalue weighted by Gasteiger charge is -2.27. The van der Waals surface area contributed by atoms with E-state index in [4.69, 9.17) is 10.5 Å². The van der Waals surface area contributed by atoms with Crippen LogP contribution in [0.4, 0.5) is 5.69 Å². The summed E-state index contributed by atoms with van der Waals surface area (Å²) in [6.45, 7) is 0.845. The maximum Gasteiger partial charge on any atom is 0.257 e. The molecule has 3 atom stereocenters. The molecular formula is C17H24N2O2. The zero-order valence-electron chi connectivity index (χ0n) is 12.8. The molecule has 0 aromatic heterocycles. The number of fused-ring (bicyclic) bond motifs is 2. The van der Waals surface area contributed by atoms with Crippen molar-refractivity contribution in [3.63, 3.8) is 0 Å². The van der Waals surface area contributed by atoms with Crippen molar-refractivity contribution in [3.8, 4) is 5.75 Å². The van der Waals surface area contributed by atoms with Crippen molar-refractivity contribution in [2.75, 3.05) is 26.4 Å². The largest absolute Gasteiger partial charge is 0.494 e. The third-order valence-corrected chi connectivity index (χ3v) is 5.22. The Hall–Kier alpha value is -1.71. The minimum Gasteiger partial charge on any atom is -0.494 e. The van der Waals surface area contributed by atoms with E-state index in [1.54, 1.807) is 25.3 Å². The van der Waals surface area contributed by atoms with Gasteiger partial charge in [0, 0.05) is 13.6 Å². The Labute approximate surface area is 126 Å². The molecule has 3 unspecified atom stereocenters. The minimum atomic E-state index is 0.00178. The number of amides is 1. The van der Waals surface area contributed by atoms with Crippen molar-refractivity contribution in [2.45, 2.75) is 25.7 Å². The van der Waals surface area contributed by atoms with Crippen molar-refractivity contribution in [1.82, 2.24) is 4.90 Å². The second-order valence-corrected chi connectivity index (χ2v) is 6.55. The molecule has 4 heteroatoms. The summed E-state index contributed by atoms with van der Waals surface area (Å²) >= 11 is 0. The smallest absolute Gasteiger partial charge is 0.257 e. The third-order valence-electron chi connectivity index (χ3n) is 5.22. The lowest BCUT2D eigenvalue weighted by Crippen LogP contribution is -2.34. The number of carbonyl (C=O) groups excluding carboxylic acids is 1. The molecular weight excluding hydrogens is 264 g/mol. The fraction of sp³-hybridized carbons (Fsp3) is 0.588. The van der Waals surface area contributed by atoms with Crippen molar-refractivity contribution < 1.29 is 9.53 Å². The molecule has 4 nitrogen and oxygen atoms in total. The summed E-state index contributed by atoms with van der Waals surface area (Å²) in [6, 6.07) is 5.34. The first-order chi connectivity index (χ1) is 10.1. The minimum absolute atomic E-state index is 0.00178. The second kappa shape index (κ2) is 5.58. The highest BCUT2D eigenvalue weighted by Gasteiger charge is 2.40. The number of carbonyl (C=O) groups is 1. The number of rotatable bonds is 4. The van der Waals surface area contributed by atoms with E-state index in [2.05, 4.69) is 0 Å². The SMILES string of the molecule is COc1c(N)cccc1C(=O)N(C)CC1CC2CCC1C2. The average molecular weight is 288 g/mol. The molecule has 21 heavy (non-hydrogen) atoms. The summed E-state index contributed by atoms with van der Waals surface area (Å²) in [5, 5.41) is 0. The van der Waals surface area contributed by atoms with Crippen LogP contribution in [0.2, 0.25) is 0 Å². The predicted octanol–water partition coefficient (Wildman–Crippen LogP) is 2.79. The zero-order chi connectivity index (χ0) is 15.0. The summed E-state index contributed by atoms with van der Waals surface area (Å²) in [7, 11) is 3.44. The van der Waals surface area contributed by atoms with Gasteiger partial charge in [0.15, 0.2) is 5.75 Å². The van der Waals surface area contributed by atoms with Crippen LogP contribution in [0.25, 0.3) is 0 Å². The second-order valence-electron chi connectivity index (χ2n) is 6.55. The fourth-order valence-corrected chi connectivity index (χ4v) is 4.19. The van der Waals surface area contributed by atoms with Gasteiger partial charge in [0.2, 0.25) is 0 Å². The van der Waals surface area contributed by atoms with Gasteiger partial charge in [-0.1, -0.05) is 12.5 Å². The highest BCUT2D eigenvalue weighted by atomic mass is 16.5. The molecule has 0 radical (unpaired) electrons. The van der Waals surface area contributed by atoms with Crippen LogP contribution < -0.4 is 10.5 Å². The number of benzene rings is 1. The Kier molecular flexibility index (Phi) is 3.79. The van der Waals surface area contributed by atoms with E-state index in [0.717, 1.165) is 18.4 Å². The summed E-state index contributed by atoms with van der Waals surface area (Å²) in [6.07, 6.45) is 5.39. The van der Waals surface area contributed by atoms with E-state index in [-0.39, 0.29) is 5.91 Å². The van der Waals surface area contributed by atoms with E-state index < -0.39 is 0 Å². The van der Waals surface area contributed by atoms with E-state index in [1.807, 2.05) is 11.9 Å². The Bertz CT molecular complexity index is 544. The monoisotopic (exact) mass is 288 g/mol. The quantitative estimate of drug-likeness (QED) is 0.867. The number of nitrogen functional groups attached to an aromatic ring is 1. The van der Waals surface area contributed by atoms with Crippen LogP contribution in [0.1, 0.15) is 36.0 Å². The maximum atomic E-state index is 12.7. The lowest BCUT2D eigenvalue weighted by molar-refractivity contribution is 0.0751. The normalized spacial score (nSPS) is 26.9. The molecule has 114 valence electrons.